The van der Waals surface area contributed by atoms with Crippen molar-refractivity contribution < 1.29 is 9.59 Å². The van der Waals surface area contributed by atoms with E-state index in [9.17, 15) is 9.59 Å². The molecule has 82 valence electrons. The lowest BCUT2D eigenvalue weighted by atomic mass is 10.2. The van der Waals surface area contributed by atoms with Crippen LogP contribution in [0.5, 0.6) is 0 Å². The van der Waals surface area contributed by atoms with E-state index >= 15 is 0 Å². The molecule has 0 saturated carbocycles. The highest BCUT2D eigenvalue weighted by Gasteiger charge is 2.30. The molecule has 0 N–H and O–H groups in total. The van der Waals surface area contributed by atoms with Gasteiger partial charge in [-0.3, -0.25) is 0 Å². The molecule has 2 rings (SSSR count). The molecule has 1 aliphatic heterocycles. The summed E-state index contributed by atoms with van der Waals surface area (Å²) in [4.78, 5) is 25.5. The molecule has 4 amide bonds. The summed E-state index contributed by atoms with van der Waals surface area (Å²) in [6.07, 6.45) is 0. The fourth-order valence-corrected chi connectivity index (χ4v) is 1.49. The fraction of sp³-hybridized carbons (Fsp3) is 0.200. The van der Waals surface area contributed by atoms with Crippen molar-refractivity contribution in [3.8, 4) is 0 Å². The average molecular weight is 218 g/mol. The summed E-state index contributed by atoms with van der Waals surface area (Å²) in [5, 5.41) is 6.44. The van der Waals surface area contributed by atoms with E-state index in [1.165, 1.54) is 0 Å². The second-order valence-electron chi connectivity index (χ2n) is 3.48. The van der Waals surface area contributed by atoms with Crippen molar-refractivity contribution in [2.45, 2.75) is 0 Å². The summed E-state index contributed by atoms with van der Waals surface area (Å²) >= 11 is 0. The molecular weight excluding hydrogens is 208 g/mol. The SMILES string of the molecule is CN(C)c1ccccc1N1C(=O)N=NC1=O. The van der Waals surface area contributed by atoms with E-state index in [2.05, 4.69) is 10.2 Å². The number of anilines is 2. The molecule has 6 nitrogen and oxygen atoms in total. The minimum absolute atomic E-state index is 0.493. The molecule has 0 fully saturated rings. The highest BCUT2D eigenvalue weighted by atomic mass is 16.2. The van der Waals surface area contributed by atoms with Crippen LogP contribution in [0, 0.1) is 0 Å². The van der Waals surface area contributed by atoms with Crippen molar-refractivity contribution in [1.29, 1.82) is 0 Å². The summed E-state index contributed by atoms with van der Waals surface area (Å²) in [5.74, 6) is 0. The molecule has 0 aliphatic carbocycles. The Hall–Kier alpha value is -2.24. The van der Waals surface area contributed by atoms with Crippen LogP contribution in [-0.2, 0) is 0 Å². The van der Waals surface area contributed by atoms with E-state index in [1.807, 2.05) is 31.1 Å². The van der Waals surface area contributed by atoms with E-state index in [0.29, 0.717) is 5.69 Å². The second-order valence-corrected chi connectivity index (χ2v) is 3.48. The largest absolute Gasteiger partial charge is 0.376 e. The molecule has 1 heterocycles. The lowest BCUT2D eigenvalue weighted by Crippen LogP contribution is -2.29. The van der Waals surface area contributed by atoms with Gasteiger partial charge in [0, 0.05) is 14.1 Å². The summed E-state index contributed by atoms with van der Waals surface area (Å²) in [7, 11) is 3.66. The number of rotatable bonds is 2. The number of nitrogens with zero attached hydrogens (tertiary/aromatic N) is 4. The van der Waals surface area contributed by atoms with Gasteiger partial charge in [-0.25, -0.2) is 14.5 Å². The van der Waals surface area contributed by atoms with Gasteiger partial charge < -0.3 is 4.90 Å². The molecule has 0 saturated heterocycles. The number of urea groups is 2. The van der Waals surface area contributed by atoms with Crippen LogP contribution in [0.2, 0.25) is 0 Å². The monoisotopic (exact) mass is 218 g/mol. The molecule has 0 spiro atoms. The summed E-state index contributed by atoms with van der Waals surface area (Å²) in [5.41, 5.74) is 1.25. The first-order valence-corrected chi connectivity index (χ1v) is 4.67. The summed E-state index contributed by atoms with van der Waals surface area (Å²) < 4.78 is 0. The zero-order chi connectivity index (χ0) is 11.7. The molecule has 0 atom stereocenters. The van der Waals surface area contributed by atoms with Gasteiger partial charge in [0.05, 0.1) is 11.4 Å². The lowest BCUT2D eigenvalue weighted by Gasteiger charge is -2.20. The Morgan fingerprint density at radius 1 is 1.06 bits per heavy atom. The third kappa shape index (κ3) is 1.54. The van der Waals surface area contributed by atoms with Crippen LogP contribution in [0.4, 0.5) is 21.0 Å². The van der Waals surface area contributed by atoms with Crippen LogP contribution in [0.25, 0.3) is 0 Å². The van der Waals surface area contributed by atoms with Crippen molar-refractivity contribution in [1.82, 2.24) is 0 Å². The van der Waals surface area contributed by atoms with Gasteiger partial charge >= 0.3 is 12.1 Å². The van der Waals surface area contributed by atoms with Gasteiger partial charge in [-0.1, -0.05) is 22.4 Å². The van der Waals surface area contributed by atoms with Crippen molar-refractivity contribution >= 4 is 23.4 Å². The van der Waals surface area contributed by atoms with Crippen LogP contribution in [0.15, 0.2) is 34.5 Å². The van der Waals surface area contributed by atoms with Crippen LogP contribution in [0.3, 0.4) is 0 Å². The predicted molar refractivity (Wildman–Crippen MR) is 58.9 cm³/mol. The van der Waals surface area contributed by atoms with Gasteiger partial charge in [0.15, 0.2) is 0 Å². The molecule has 0 radical (unpaired) electrons. The van der Waals surface area contributed by atoms with Crippen molar-refractivity contribution in [3.63, 3.8) is 0 Å². The number of benzene rings is 1. The number of amides is 4. The molecule has 0 bridgehead atoms. The van der Waals surface area contributed by atoms with Crippen LogP contribution in [0.1, 0.15) is 0 Å². The Morgan fingerprint density at radius 3 is 2.19 bits per heavy atom. The number of carbonyl (C=O) groups excluding carboxylic acids is 2. The predicted octanol–water partition coefficient (Wildman–Crippen LogP) is 2.26. The third-order valence-electron chi connectivity index (χ3n) is 2.21. The van der Waals surface area contributed by atoms with Crippen molar-refractivity contribution in [2.24, 2.45) is 10.2 Å². The van der Waals surface area contributed by atoms with Gasteiger partial charge in [-0.05, 0) is 12.1 Å². The number of imide groups is 1. The lowest BCUT2D eigenvalue weighted by molar-refractivity contribution is 0.249. The zero-order valence-electron chi connectivity index (χ0n) is 8.91. The Kier molecular flexibility index (Phi) is 2.40. The van der Waals surface area contributed by atoms with Gasteiger partial charge in [0.1, 0.15) is 0 Å². The molecule has 0 unspecified atom stereocenters. The maximum absolute atomic E-state index is 11.4. The number of hydrogen-bond donors (Lipinski definition) is 0. The maximum Gasteiger partial charge on any atom is 0.375 e. The molecule has 1 aromatic rings. The van der Waals surface area contributed by atoms with E-state index < -0.39 is 12.1 Å². The number of carbonyl (C=O) groups is 2. The minimum Gasteiger partial charge on any atom is -0.376 e. The first kappa shape index (κ1) is 10.3. The van der Waals surface area contributed by atoms with Gasteiger partial charge in [-0.15, -0.1) is 0 Å². The Bertz CT molecular complexity index is 463. The topological polar surface area (TPSA) is 65.3 Å². The quantitative estimate of drug-likeness (QED) is 0.764. The Morgan fingerprint density at radius 2 is 1.62 bits per heavy atom. The first-order valence-electron chi connectivity index (χ1n) is 4.67. The normalized spacial score (nSPS) is 14.8. The van der Waals surface area contributed by atoms with E-state index in [0.717, 1.165) is 10.6 Å². The summed E-state index contributed by atoms with van der Waals surface area (Å²) in [6, 6.07) is 5.77. The molecule has 6 heteroatoms. The van der Waals surface area contributed by atoms with Gasteiger partial charge in [0.2, 0.25) is 0 Å². The van der Waals surface area contributed by atoms with Crippen molar-refractivity contribution in [2.75, 3.05) is 23.9 Å². The minimum atomic E-state index is -0.653. The molecule has 1 aliphatic rings. The van der Waals surface area contributed by atoms with E-state index in [4.69, 9.17) is 0 Å². The third-order valence-corrected chi connectivity index (χ3v) is 2.21. The Balaban J connectivity index is 2.48. The molecule has 1 aromatic carbocycles. The number of azo groups is 1. The molecular formula is C10H10N4O2. The zero-order valence-corrected chi connectivity index (χ0v) is 8.91. The van der Waals surface area contributed by atoms with Crippen LogP contribution < -0.4 is 9.80 Å². The highest BCUT2D eigenvalue weighted by molar-refractivity contribution is 6.18. The van der Waals surface area contributed by atoms with Crippen LogP contribution in [-0.4, -0.2) is 26.2 Å². The molecule has 16 heavy (non-hydrogen) atoms. The maximum atomic E-state index is 11.4. The number of hydrogen-bond acceptors (Lipinski definition) is 3. The van der Waals surface area contributed by atoms with E-state index in [-0.39, 0.29) is 0 Å². The van der Waals surface area contributed by atoms with Gasteiger partial charge in [0.25, 0.3) is 0 Å². The molecule has 0 aromatic heterocycles. The number of para-hydroxylation sites is 2. The standard InChI is InChI=1S/C10H10N4O2/c1-13(2)7-5-3-4-6-8(7)14-9(15)11-12-10(14)16/h3-6H,1-2H3. The van der Waals surface area contributed by atoms with Gasteiger partial charge in [-0.2, -0.15) is 0 Å². The fourth-order valence-electron chi connectivity index (χ4n) is 1.49. The van der Waals surface area contributed by atoms with Crippen molar-refractivity contribution in [3.05, 3.63) is 24.3 Å². The Labute approximate surface area is 92.2 Å². The smallest absolute Gasteiger partial charge is 0.375 e. The first-order chi connectivity index (χ1) is 7.61. The van der Waals surface area contributed by atoms with E-state index in [1.54, 1.807) is 12.1 Å². The average Bonchev–Trinajstić information content (AvgIpc) is 2.58. The van der Waals surface area contributed by atoms with Crippen LogP contribution >= 0.6 is 0 Å². The highest BCUT2D eigenvalue weighted by Crippen LogP contribution is 2.30. The second kappa shape index (κ2) is 3.73. The summed E-state index contributed by atoms with van der Waals surface area (Å²) in [6.45, 7) is 0.